The quantitative estimate of drug-likeness (QED) is 0.712. The minimum atomic E-state index is -3.79. The number of H-pyrrole nitrogens is 1. The summed E-state index contributed by atoms with van der Waals surface area (Å²) < 4.78 is 27.0. The van der Waals surface area contributed by atoms with Gasteiger partial charge in [-0.25, -0.2) is 0 Å². The van der Waals surface area contributed by atoms with E-state index in [1.165, 1.54) is 12.3 Å². The van der Waals surface area contributed by atoms with Crippen LogP contribution in [0, 0.1) is 6.92 Å². The maximum Gasteiger partial charge on any atom is 0.282 e. The molecule has 0 radical (unpaired) electrons. The highest BCUT2D eigenvalue weighted by molar-refractivity contribution is 7.92. The number of rotatable bonds is 6. The molecule has 2 heterocycles. The van der Waals surface area contributed by atoms with Crippen molar-refractivity contribution in [2.45, 2.75) is 25.4 Å². The minimum absolute atomic E-state index is 0.0263. The normalized spacial score (nSPS) is 11.5. The van der Waals surface area contributed by atoms with E-state index in [0.29, 0.717) is 17.8 Å². The smallest absolute Gasteiger partial charge is 0.282 e. The number of nitrogens with one attached hydrogen (secondary N) is 3. The standard InChI is InChI=1S/C11H16N6O2S/c1-3-12-7-9-8(2)14-16-11(9)20(18,19)17-10-5-4-6-13-15-10/h4-6,12H,3,7H2,1-2H3,(H,14,16)(H,15,17). The van der Waals surface area contributed by atoms with Gasteiger partial charge in [0.15, 0.2) is 5.82 Å². The van der Waals surface area contributed by atoms with Crippen molar-refractivity contribution < 1.29 is 8.42 Å². The van der Waals surface area contributed by atoms with Crippen LogP contribution in [-0.2, 0) is 16.6 Å². The van der Waals surface area contributed by atoms with Crippen LogP contribution in [0.15, 0.2) is 23.4 Å². The third kappa shape index (κ3) is 3.11. The van der Waals surface area contributed by atoms with Gasteiger partial charge in [-0.3, -0.25) is 9.82 Å². The summed E-state index contributed by atoms with van der Waals surface area (Å²) in [5.74, 6) is 0.155. The Morgan fingerprint density at radius 1 is 1.40 bits per heavy atom. The lowest BCUT2D eigenvalue weighted by Gasteiger charge is -2.07. The van der Waals surface area contributed by atoms with Crippen LogP contribution in [0.1, 0.15) is 18.2 Å². The van der Waals surface area contributed by atoms with Crippen molar-refractivity contribution >= 4 is 15.8 Å². The average molecular weight is 296 g/mol. The van der Waals surface area contributed by atoms with Gasteiger partial charge in [0.2, 0.25) is 5.03 Å². The van der Waals surface area contributed by atoms with Crippen LogP contribution < -0.4 is 10.0 Å². The molecule has 0 fully saturated rings. The van der Waals surface area contributed by atoms with Crippen LogP contribution in [0.5, 0.6) is 0 Å². The molecule has 3 N–H and O–H groups in total. The SMILES string of the molecule is CCNCc1c(S(=O)(=O)Nc2cccnn2)n[nH]c1C. The van der Waals surface area contributed by atoms with E-state index in [1.807, 2.05) is 6.92 Å². The molecule has 0 aliphatic rings. The Kier molecular flexibility index (Phi) is 4.30. The van der Waals surface area contributed by atoms with Crippen LogP contribution in [0.2, 0.25) is 0 Å². The molecular weight excluding hydrogens is 280 g/mol. The highest BCUT2D eigenvalue weighted by atomic mass is 32.2. The van der Waals surface area contributed by atoms with Gasteiger partial charge in [-0.15, -0.1) is 5.10 Å². The van der Waals surface area contributed by atoms with Gasteiger partial charge in [-0.05, 0) is 25.6 Å². The Balaban J connectivity index is 2.30. The predicted octanol–water partition coefficient (Wildman–Crippen LogP) is 0.418. The van der Waals surface area contributed by atoms with Crippen LogP contribution >= 0.6 is 0 Å². The Labute approximate surface area is 117 Å². The molecule has 20 heavy (non-hydrogen) atoms. The van der Waals surface area contributed by atoms with Gasteiger partial charge >= 0.3 is 0 Å². The van der Waals surface area contributed by atoms with E-state index in [4.69, 9.17) is 0 Å². The van der Waals surface area contributed by atoms with Gasteiger partial charge < -0.3 is 5.32 Å². The molecule has 0 spiro atoms. The van der Waals surface area contributed by atoms with Crippen molar-refractivity contribution in [3.05, 3.63) is 29.6 Å². The van der Waals surface area contributed by atoms with Crippen LogP contribution in [0.25, 0.3) is 0 Å². The van der Waals surface area contributed by atoms with Crippen molar-refractivity contribution in [3.8, 4) is 0 Å². The molecule has 0 saturated heterocycles. The van der Waals surface area contributed by atoms with Gasteiger partial charge in [0, 0.05) is 24.0 Å². The number of hydrogen-bond acceptors (Lipinski definition) is 6. The summed E-state index contributed by atoms with van der Waals surface area (Å²) in [6.07, 6.45) is 1.47. The molecular formula is C11H16N6O2S. The first kappa shape index (κ1) is 14.4. The van der Waals surface area contributed by atoms with Gasteiger partial charge in [0.1, 0.15) is 0 Å². The summed E-state index contributed by atoms with van der Waals surface area (Å²) in [7, 11) is -3.79. The molecule has 0 atom stereocenters. The molecule has 0 bridgehead atoms. The molecule has 2 aromatic rings. The average Bonchev–Trinajstić information content (AvgIpc) is 2.79. The van der Waals surface area contributed by atoms with E-state index >= 15 is 0 Å². The molecule has 9 heteroatoms. The molecule has 0 aliphatic carbocycles. The number of aryl methyl sites for hydroxylation is 1. The largest absolute Gasteiger partial charge is 0.313 e. The van der Waals surface area contributed by atoms with Crippen molar-refractivity contribution in [1.29, 1.82) is 0 Å². The molecule has 0 aromatic carbocycles. The first-order valence-electron chi connectivity index (χ1n) is 6.09. The third-order valence-corrected chi connectivity index (χ3v) is 3.98. The Bertz CT molecular complexity index is 667. The second kappa shape index (κ2) is 5.97. The first-order valence-corrected chi connectivity index (χ1v) is 7.58. The molecule has 8 nitrogen and oxygen atoms in total. The highest BCUT2D eigenvalue weighted by Crippen LogP contribution is 2.18. The molecule has 2 aromatic heterocycles. The summed E-state index contributed by atoms with van der Waals surface area (Å²) in [4.78, 5) is 0. The fourth-order valence-corrected chi connectivity index (χ4v) is 2.85. The number of aromatic amines is 1. The lowest BCUT2D eigenvalue weighted by molar-refractivity contribution is 0.594. The van der Waals surface area contributed by atoms with Crippen molar-refractivity contribution in [2.24, 2.45) is 0 Å². The predicted molar refractivity (Wildman–Crippen MR) is 73.5 cm³/mol. The molecule has 0 aliphatic heterocycles. The van der Waals surface area contributed by atoms with Crippen molar-refractivity contribution in [3.63, 3.8) is 0 Å². The summed E-state index contributed by atoms with van der Waals surface area (Å²) in [5.41, 5.74) is 1.33. The summed E-state index contributed by atoms with van der Waals surface area (Å²) in [5, 5.41) is 16.9. The molecule has 0 saturated carbocycles. The maximum absolute atomic E-state index is 12.3. The van der Waals surface area contributed by atoms with Gasteiger partial charge in [0.05, 0.1) is 0 Å². The molecule has 108 valence electrons. The Morgan fingerprint density at radius 2 is 2.20 bits per heavy atom. The van der Waals surface area contributed by atoms with Gasteiger partial charge in [0.25, 0.3) is 10.0 Å². The second-order valence-corrected chi connectivity index (χ2v) is 5.72. The summed E-state index contributed by atoms with van der Waals surface area (Å²) >= 11 is 0. The molecule has 2 rings (SSSR count). The Hall–Kier alpha value is -2.00. The van der Waals surface area contributed by atoms with E-state index in [9.17, 15) is 8.42 Å². The van der Waals surface area contributed by atoms with Crippen LogP contribution in [0.4, 0.5) is 5.82 Å². The zero-order chi connectivity index (χ0) is 14.6. The van der Waals surface area contributed by atoms with Crippen molar-refractivity contribution in [2.75, 3.05) is 11.3 Å². The zero-order valence-electron chi connectivity index (χ0n) is 11.2. The van der Waals surface area contributed by atoms with Crippen molar-refractivity contribution in [1.82, 2.24) is 25.7 Å². The summed E-state index contributed by atoms with van der Waals surface area (Å²) in [6, 6.07) is 3.12. The van der Waals surface area contributed by atoms with Crippen LogP contribution in [0.3, 0.4) is 0 Å². The lowest BCUT2D eigenvalue weighted by atomic mass is 10.2. The lowest BCUT2D eigenvalue weighted by Crippen LogP contribution is -2.19. The van der Waals surface area contributed by atoms with E-state index in [0.717, 1.165) is 6.54 Å². The van der Waals surface area contributed by atoms with E-state index < -0.39 is 10.0 Å². The molecule has 0 unspecified atom stereocenters. The number of anilines is 1. The topological polar surface area (TPSA) is 113 Å². The zero-order valence-corrected chi connectivity index (χ0v) is 12.0. The van der Waals surface area contributed by atoms with Gasteiger partial charge in [-0.1, -0.05) is 6.92 Å². The number of nitrogens with zero attached hydrogens (tertiary/aromatic N) is 3. The number of hydrogen-bond donors (Lipinski definition) is 3. The monoisotopic (exact) mass is 296 g/mol. The highest BCUT2D eigenvalue weighted by Gasteiger charge is 2.24. The summed E-state index contributed by atoms with van der Waals surface area (Å²) in [6.45, 7) is 4.89. The second-order valence-electron chi connectivity index (χ2n) is 4.13. The third-order valence-electron chi connectivity index (χ3n) is 2.65. The number of aromatic nitrogens is 4. The van der Waals surface area contributed by atoms with E-state index in [-0.39, 0.29) is 10.8 Å². The first-order chi connectivity index (χ1) is 9.54. The fourth-order valence-electron chi connectivity index (χ4n) is 1.65. The van der Waals surface area contributed by atoms with Gasteiger partial charge in [-0.2, -0.15) is 18.6 Å². The van der Waals surface area contributed by atoms with E-state index in [1.54, 1.807) is 13.0 Å². The number of sulfonamides is 1. The Morgan fingerprint density at radius 3 is 2.85 bits per heavy atom. The maximum atomic E-state index is 12.3. The fraction of sp³-hybridized carbons (Fsp3) is 0.364. The minimum Gasteiger partial charge on any atom is -0.313 e. The van der Waals surface area contributed by atoms with E-state index in [2.05, 4.69) is 30.4 Å². The molecule has 0 amide bonds. The van der Waals surface area contributed by atoms with Crippen LogP contribution in [-0.4, -0.2) is 35.4 Å².